The van der Waals surface area contributed by atoms with Crippen molar-refractivity contribution in [2.75, 3.05) is 53.1 Å². The van der Waals surface area contributed by atoms with E-state index < -0.39 is 0 Å². The van der Waals surface area contributed by atoms with Crippen LogP contribution in [0.2, 0.25) is 0 Å². The van der Waals surface area contributed by atoms with Gasteiger partial charge in [-0.15, -0.1) is 0 Å². The van der Waals surface area contributed by atoms with Crippen LogP contribution in [0.4, 0.5) is 0 Å². The van der Waals surface area contributed by atoms with E-state index in [2.05, 4.69) is 17.1 Å². The zero-order chi connectivity index (χ0) is 17.1. The van der Waals surface area contributed by atoms with Gasteiger partial charge in [-0.05, 0) is 44.4 Å². The highest BCUT2D eigenvalue weighted by Crippen LogP contribution is 2.43. The van der Waals surface area contributed by atoms with Crippen LogP contribution in [0.3, 0.4) is 0 Å². The van der Waals surface area contributed by atoms with Gasteiger partial charge in [-0.25, -0.2) is 0 Å². The van der Waals surface area contributed by atoms with Gasteiger partial charge in [0.2, 0.25) is 0 Å². The van der Waals surface area contributed by atoms with Gasteiger partial charge in [0.05, 0.1) is 13.2 Å². The van der Waals surface area contributed by atoms with E-state index in [1.807, 2.05) is 0 Å². The smallest absolute Gasteiger partial charge is 0.193 e. The molecule has 0 atom stereocenters. The molecule has 1 aliphatic heterocycles. The Morgan fingerprint density at radius 3 is 2.67 bits per heavy atom. The molecule has 24 heavy (non-hydrogen) atoms. The molecule has 2 aliphatic rings. The number of likely N-dealkylation sites (tertiary alicyclic amines) is 1. The van der Waals surface area contributed by atoms with Crippen molar-refractivity contribution in [1.82, 2.24) is 10.2 Å². The van der Waals surface area contributed by atoms with Crippen LogP contribution >= 0.6 is 0 Å². The Morgan fingerprint density at radius 1 is 1.08 bits per heavy atom. The van der Waals surface area contributed by atoms with Crippen molar-refractivity contribution in [3.05, 3.63) is 0 Å². The maximum Gasteiger partial charge on any atom is 0.193 e. The molecule has 2 fully saturated rings. The number of guanidine groups is 1. The molecule has 1 N–H and O–H groups in total. The number of unbranched alkanes of at least 4 members (excludes halogenated alkanes) is 1. The largest absolute Gasteiger partial charge is 0.382 e. The van der Waals surface area contributed by atoms with Gasteiger partial charge in [0.15, 0.2) is 5.96 Å². The summed E-state index contributed by atoms with van der Waals surface area (Å²) in [6, 6.07) is 0. The van der Waals surface area contributed by atoms with E-state index in [1.165, 1.54) is 51.6 Å². The Labute approximate surface area is 148 Å². The summed E-state index contributed by atoms with van der Waals surface area (Å²) < 4.78 is 10.5. The summed E-state index contributed by atoms with van der Waals surface area (Å²) >= 11 is 0. The average molecular weight is 340 g/mol. The molecule has 0 amide bonds. The average Bonchev–Trinajstić information content (AvgIpc) is 3.00. The van der Waals surface area contributed by atoms with Crippen molar-refractivity contribution in [1.29, 1.82) is 0 Å². The van der Waals surface area contributed by atoms with Crippen LogP contribution in [-0.2, 0) is 9.47 Å². The maximum atomic E-state index is 5.50. The van der Waals surface area contributed by atoms with Crippen LogP contribution in [0, 0.1) is 5.41 Å². The lowest BCUT2D eigenvalue weighted by atomic mass is 9.73. The highest BCUT2D eigenvalue weighted by molar-refractivity contribution is 5.80. The van der Waals surface area contributed by atoms with Crippen LogP contribution in [0.15, 0.2) is 4.99 Å². The maximum absolute atomic E-state index is 5.50. The third-order valence-corrected chi connectivity index (χ3v) is 5.38. The number of nitrogens with zero attached hydrogens (tertiary/aromatic N) is 2. The number of methoxy groups -OCH3 is 1. The molecule has 0 aromatic carbocycles. The zero-order valence-corrected chi connectivity index (χ0v) is 15.8. The number of rotatable bonds is 9. The molecule has 1 aliphatic carbocycles. The first-order chi connectivity index (χ1) is 11.8. The van der Waals surface area contributed by atoms with Gasteiger partial charge >= 0.3 is 0 Å². The van der Waals surface area contributed by atoms with Gasteiger partial charge in [0, 0.05) is 39.9 Å². The molecule has 1 heterocycles. The molecule has 140 valence electrons. The second-order valence-electron chi connectivity index (χ2n) is 7.28. The zero-order valence-electron chi connectivity index (χ0n) is 15.8. The SMILES string of the molecule is CCNC(=NCCCCOCCOC)N1CCC2(CCCCC2)C1. The van der Waals surface area contributed by atoms with Crippen molar-refractivity contribution in [2.45, 2.75) is 58.3 Å². The van der Waals surface area contributed by atoms with E-state index in [-0.39, 0.29) is 0 Å². The van der Waals surface area contributed by atoms with Crippen LogP contribution in [0.1, 0.15) is 58.3 Å². The molecule has 0 radical (unpaired) electrons. The lowest BCUT2D eigenvalue weighted by molar-refractivity contribution is 0.0690. The molecule has 2 rings (SSSR count). The predicted molar refractivity (Wildman–Crippen MR) is 99.6 cm³/mol. The number of aliphatic imine (C=N–C) groups is 1. The fourth-order valence-electron chi connectivity index (χ4n) is 4.00. The molecular weight excluding hydrogens is 302 g/mol. The highest BCUT2D eigenvalue weighted by Gasteiger charge is 2.39. The number of ether oxygens (including phenoxy) is 2. The summed E-state index contributed by atoms with van der Waals surface area (Å²) in [5.41, 5.74) is 0.587. The first-order valence-corrected chi connectivity index (χ1v) is 9.90. The van der Waals surface area contributed by atoms with E-state index in [0.717, 1.165) is 38.5 Å². The van der Waals surface area contributed by atoms with E-state index in [0.29, 0.717) is 18.6 Å². The molecule has 0 aromatic heterocycles. The second-order valence-corrected chi connectivity index (χ2v) is 7.28. The van der Waals surface area contributed by atoms with E-state index in [9.17, 15) is 0 Å². The summed E-state index contributed by atoms with van der Waals surface area (Å²) in [6.45, 7) is 8.55. The fourth-order valence-corrected chi connectivity index (χ4v) is 4.00. The predicted octanol–water partition coefficient (Wildman–Crippen LogP) is 3.05. The van der Waals surface area contributed by atoms with E-state index in [1.54, 1.807) is 7.11 Å². The topological polar surface area (TPSA) is 46.1 Å². The monoisotopic (exact) mass is 339 g/mol. The lowest BCUT2D eigenvalue weighted by Crippen LogP contribution is -2.41. The number of nitrogens with one attached hydrogen (secondary N) is 1. The minimum Gasteiger partial charge on any atom is -0.382 e. The van der Waals surface area contributed by atoms with E-state index in [4.69, 9.17) is 14.5 Å². The van der Waals surface area contributed by atoms with Crippen molar-refractivity contribution in [3.63, 3.8) is 0 Å². The van der Waals surface area contributed by atoms with Gasteiger partial charge < -0.3 is 19.7 Å². The van der Waals surface area contributed by atoms with Crippen LogP contribution in [0.5, 0.6) is 0 Å². The first kappa shape index (κ1) is 19.5. The van der Waals surface area contributed by atoms with Gasteiger partial charge in [0.1, 0.15) is 0 Å². The van der Waals surface area contributed by atoms with Gasteiger partial charge in [-0.3, -0.25) is 4.99 Å². The van der Waals surface area contributed by atoms with Crippen molar-refractivity contribution < 1.29 is 9.47 Å². The molecule has 5 heteroatoms. The first-order valence-electron chi connectivity index (χ1n) is 9.90. The van der Waals surface area contributed by atoms with Crippen LogP contribution in [-0.4, -0.2) is 64.0 Å². The number of hydrogen-bond acceptors (Lipinski definition) is 3. The molecule has 1 spiro atoms. The van der Waals surface area contributed by atoms with Gasteiger partial charge in [0.25, 0.3) is 0 Å². The van der Waals surface area contributed by atoms with Gasteiger partial charge in [-0.1, -0.05) is 19.3 Å². The Hall–Kier alpha value is -0.810. The normalized spacial score (nSPS) is 20.8. The molecule has 0 unspecified atom stereocenters. The molecule has 1 saturated heterocycles. The summed E-state index contributed by atoms with van der Waals surface area (Å²) in [7, 11) is 1.70. The molecule has 5 nitrogen and oxygen atoms in total. The van der Waals surface area contributed by atoms with E-state index >= 15 is 0 Å². The van der Waals surface area contributed by atoms with Crippen LogP contribution < -0.4 is 5.32 Å². The summed E-state index contributed by atoms with van der Waals surface area (Å²) in [6.07, 6.45) is 10.6. The molecule has 0 bridgehead atoms. The summed E-state index contributed by atoms with van der Waals surface area (Å²) in [4.78, 5) is 7.36. The minimum absolute atomic E-state index is 0.587. The van der Waals surface area contributed by atoms with Crippen molar-refractivity contribution in [2.24, 2.45) is 10.4 Å². The Morgan fingerprint density at radius 2 is 1.92 bits per heavy atom. The molecule has 1 saturated carbocycles. The Balaban J connectivity index is 1.71. The molecule has 0 aromatic rings. The van der Waals surface area contributed by atoms with Crippen molar-refractivity contribution in [3.8, 4) is 0 Å². The third-order valence-electron chi connectivity index (χ3n) is 5.38. The lowest BCUT2D eigenvalue weighted by Gasteiger charge is -2.33. The van der Waals surface area contributed by atoms with Gasteiger partial charge in [-0.2, -0.15) is 0 Å². The second kappa shape index (κ2) is 10.9. The number of hydrogen-bond donors (Lipinski definition) is 1. The van der Waals surface area contributed by atoms with Crippen LogP contribution in [0.25, 0.3) is 0 Å². The summed E-state index contributed by atoms with van der Waals surface area (Å²) in [5, 5.41) is 3.49. The minimum atomic E-state index is 0.587. The quantitative estimate of drug-likeness (QED) is 0.398. The summed E-state index contributed by atoms with van der Waals surface area (Å²) in [5.74, 6) is 1.13. The third kappa shape index (κ3) is 6.25. The standard InChI is InChI=1S/C19H37N3O2/c1-3-20-18(21-12-7-8-14-24-16-15-23-2)22-13-11-19(17-22)9-5-4-6-10-19/h3-17H2,1-2H3,(H,20,21). The van der Waals surface area contributed by atoms with Crippen molar-refractivity contribution >= 4 is 5.96 Å². The molecular formula is C19H37N3O2. The fraction of sp³-hybridized carbons (Fsp3) is 0.947. The highest BCUT2D eigenvalue weighted by atomic mass is 16.5. The Kier molecular flexibility index (Phi) is 8.89. The Bertz CT molecular complexity index is 368.